The van der Waals surface area contributed by atoms with Gasteiger partial charge in [-0.05, 0) is 37.5 Å². The lowest BCUT2D eigenvalue weighted by Gasteiger charge is -2.19. The van der Waals surface area contributed by atoms with Crippen LogP contribution in [0, 0.1) is 12.8 Å². The first-order valence-electron chi connectivity index (χ1n) is 8.21. The van der Waals surface area contributed by atoms with Gasteiger partial charge in [-0.1, -0.05) is 43.0 Å². The van der Waals surface area contributed by atoms with Crippen LogP contribution in [0.1, 0.15) is 43.4 Å². The Hall–Kier alpha value is -1.81. The number of aromatic nitrogens is 2. The Morgan fingerprint density at radius 1 is 1.26 bits per heavy atom. The third-order valence-corrected chi connectivity index (χ3v) is 4.71. The van der Waals surface area contributed by atoms with Crippen molar-refractivity contribution in [2.24, 2.45) is 5.92 Å². The lowest BCUT2D eigenvalue weighted by Crippen LogP contribution is -2.25. The molecular formula is C18H22ClN3O. The smallest absolute Gasteiger partial charge is 0.228 e. The summed E-state index contributed by atoms with van der Waals surface area (Å²) in [6.07, 6.45) is 5.55. The van der Waals surface area contributed by atoms with Crippen molar-refractivity contribution in [3.63, 3.8) is 0 Å². The number of hydrogen-bond donors (Lipinski definition) is 1. The molecule has 1 aromatic heterocycles. The van der Waals surface area contributed by atoms with E-state index in [-0.39, 0.29) is 11.8 Å². The summed E-state index contributed by atoms with van der Waals surface area (Å²) in [6, 6.07) is 9.66. The van der Waals surface area contributed by atoms with Crippen molar-refractivity contribution in [3.8, 4) is 0 Å². The Bertz CT molecular complexity index is 672. The molecule has 0 aliphatic heterocycles. The van der Waals surface area contributed by atoms with Crippen LogP contribution in [0.25, 0.3) is 0 Å². The number of halogens is 1. The van der Waals surface area contributed by atoms with E-state index in [0.29, 0.717) is 12.4 Å². The average molecular weight is 332 g/mol. The van der Waals surface area contributed by atoms with Crippen LogP contribution in [0.4, 0.5) is 5.82 Å². The van der Waals surface area contributed by atoms with Gasteiger partial charge < -0.3 is 5.32 Å². The second-order valence-corrected chi connectivity index (χ2v) is 6.72. The number of benzene rings is 1. The first kappa shape index (κ1) is 16.1. The second-order valence-electron chi connectivity index (χ2n) is 6.28. The molecule has 2 aromatic rings. The van der Waals surface area contributed by atoms with E-state index in [1.165, 1.54) is 6.42 Å². The van der Waals surface area contributed by atoms with Gasteiger partial charge in [-0.3, -0.25) is 9.48 Å². The minimum Gasteiger partial charge on any atom is -0.309 e. The molecule has 1 aliphatic carbocycles. The SMILES string of the molecule is Cc1cc(NC(=O)C2CCCCC2)nn1Cc1ccc(Cl)cc1. The second kappa shape index (κ2) is 7.18. The van der Waals surface area contributed by atoms with Crippen molar-refractivity contribution in [2.75, 3.05) is 5.32 Å². The summed E-state index contributed by atoms with van der Waals surface area (Å²) in [6.45, 7) is 2.67. The van der Waals surface area contributed by atoms with Gasteiger partial charge in [0, 0.05) is 22.7 Å². The molecule has 5 heteroatoms. The number of carbonyl (C=O) groups excluding carboxylic acids is 1. The van der Waals surface area contributed by atoms with Crippen molar-refractivity contribution in [1.82, 2.24) is 9.78 Å². The zero-order chi connectivity index (χ0) is 16.2. The molecule has 1 amide bonds. The molecule has 1 N–H and O–H groups in total. The van der Waals surface area contributed by atoms with Crippen LogP contribution in [0.15, 0.2) is 30.3 Å². The van der Waals surface area contributed by atoms with Crippen LogP contribution in [0.2, 0.25) is 5.02 Å². The zero-order valence-corrected chi connectivity index (χ0v) is 14.1. The highest BCUT2D eigenvalue weighted by Gasteiger charge is 2.21. The first-order valence-corrected chi connectivity index (χ1v) is 8.59. The van der Waals surface area contributed by atoms with E-state index in [1.807, 2.05) is 41.9 Å². The molecule has 0 saturated heterocycles. The summed E-state index contributed by atoms with van der Waals surface area (Å²) in [5.74, 6) is 0.901. The average Bonchev–Trinajstić information content (AvgIpc) is 2.90. The van der Waals surface area contributed by atoms with Crippen molar-refractivity contribution in [1.29, 1.82) is 0 Å². The normalized spacial score (nSPS) is 15.6. The lowest BCUT2D eigenvalue weighted by atomic mass is 9.89. The third kappa shape index (κ3) is 4.14. The first-order chi connectivity index (χ1) is 11.1. The minimum absolute atomic E-state index is 0.112. The van der Waals surface area contributed by atoms with Crippen molar-refractivity contribution >= 4 is 23.3 Å². The third-order valence-electron chi connectivity index (χ3n) is 4.45. The summed E-state index contributed by atoms with van der Waals surface area (Å²) < 4.78 is 1.90. The molecule has 0 atom stereocenters. The highest BCUT2D eigenvalue weighted by atomic mass is 35.5. The van der Waals surface area contributed by atoms with Gasteiger partial charge in [0.2, 0.25) is 5.91 Å². The summed E-state index contributed by atoms with van der Waals surface area (Å²) >= 11 is 5.91. The number of hydrogen-bond acceptors (Lipinski definition) is 2. The number of anilines is 1. The van der Waals surface area contributed by atoms with E-state index in [0.717, 1.165) is 42.0 Å². The monoisotopic (exact) mass is 331 g/mol. The van der Waals surface area contributed by atoms with E-state index in [4.69, 9.17) is 11.6 Å². The van der Waals surface area contributed by atoms with Crippen LogP contribution in [-0.4, -0.2) is 15.7 Å². The molecule has 1 fully saturated rings. The van der Waals surface area contributed by atoms with E-state index >= 15 is 0 Å². The van der Waals surface area contributed by atoms with Crippen molar-refractivity contribution < 1.29 is 4.79 Å². The Balaban J connectivity index is 1.65. The maximum atomic E-state index is 12.3. The standard InChI is InChI=1S/C18H22ClN3O/c1-13-11-17(20-18(23)15-5-3-2-4-6-15)21-22(13)12-14-7-9-16(19)10-8-14/h7-11,15H,2-6,12H2,1H3,(H,20,21,23). The molecule has 0 radical (unpaired) electrons. The molecular weight excluding hydrogens is 310 g/mol. The fourth-order valence-corrected chi connectivity index (χ4v) is 3.21. The van der Waals surface area contributed by atoms with Crippen LogP contribution in [0.3, 0.4) is 0 Å². The Morgan fingerprint density at radius 3 is 2.65 bits per heavy atom. The molecule has 1 heterocycles. The number of amides is 1. The molecule has 0 spiro atoms. The molecule has 0 bridgehead atoms. The molecule has 1 aromatic carbocycles. The number of nitrogens with zero attached hydrogens (tertiary/aromatic N) is 2. The summed E-state index contributed by atoms with van der Waals surface area (Å²) in [5, 5.41) is 8.22. The zero-order valence-electron chi connectivity index (χ0n) is 13.4. The molecule has 4 nitrogen and oxygen atoms in total. The van der Waals surface area contributed by atoms with E-state index in [2.05, 4.69) is 10.4 Å². The van der Waals surface area contributed by atoms with Gasteiger partial charge in [0.05, 0.1) is 6.54 Å². The number of nitrogens with one attached hydrogen (secondary N) is 1. The van der Waals surface area contributed by atoms with Crippen LogP contribution >= 0.6 is 11.6 Å². The van der Waals surface area contributed by atoms with Crippen molar-refractivity contribution in [2.45, 2.75) is 45.6 Å². The van der Waals surface area contributed by atoms with Gasteiger partial charge in [-0.2, -0.15) is 5.10 Å². The highest BCUT2D eigenvalue weighted by Crippen LogP contribution is 2.25. The highest BCUT2D eigenvalue weighted by molar-refractivity contribution is 6.30. The minimum atomic E-state index is 0.112. The van der Waals surface area contributed by atoms with Crippen molar-refractivity contribution in [3.05, 3.63) is 46.6 Å². The molecule has 0 unspecified atom stereocenters. The van der Waals surface area contributed by atoms with Crippen LogP contribution in [-0.2, 0) is 11.3 Å². The predicted molar refractivity (Wildman–Crippen MR) is 92.7 cm³/mol. The van der Waals surface area contributed by atoms with Gasteiger partial charge >= 0.3 is 0 Å². The number of carbonyl (C=O) groups is 1. The Morgan fingerprint density at radius 2 is 1.96 bits per heavy atom. The van der Waals surface area contributed by atoms with Gasteiger partial charge in [0.25, 0.3) is 0 Å². The number of aryl methyl sites for hydroxylation is 1. The maximum Gasteiger partial charge on any atom is 0.228 e. The van der Waals surface area contributed by atoms with Gasteiger partial charge in [0.15, 0.2) is 5.82 Å². The summed E-state index contributed by atoms with van der Waals surface area (Å²) in [7, 11) is 0. The van der Waals surface area contributed by atoms with Gasteiger partial charge in [-0.25, -0.2) is 0 Å². The van der Waals surface area contributed by atoms with Gasteiger partial charge in [0.1, 0.15) is 0 Å². The lowest BCUT2D eigenvalue weighted by molar-refractivity contribution is -0.120. The quantitative estimate of drug-likeness (QED) is 0.901. The predicted octanol–water partition coefficient (Wildman–Crippen LogP) is 4.41. The molecule has 122 valence electrons. The summed E-state index contributed by atoms with van der Waals surface area (Å²) in [4.78, 5) is 12.3. The van der Waals surface area contributed by atoms with E-state index in [1.54, 1.807) is 0 Å². The van der Waals surface area contributed by atoms with Crippen LogP contribution < -0.4 is 5.32 Å². The topological polar surface area (TPSA) is 46.9 Å². The largest absolute Gasteiger partial charge is 0.309 e. The fraction of sp³-hybridized carbons (Fsp3) is 0.444. The Kier molecular flexibility index (Phi) is 5.01. The van der Waals surface area contributed by atoms with Gasteiger partial charge in [-0.15, -0.1) is 0 Å². The molecule has 1 aliphatic rings. The Labute approximate surface area is 141 Å². The summed E-state index contributed by atoms with van der Waals surface area (Å²) in [5.41, 5.74) is 2.16. The molecule has 1 saturated carbocycles. The van der Waals surface area contributed by atoms with E-state index in [9.17, 15) is 4.79 Å². The molecule has 3 rings (SSSR count). The fourth-order valence-electron chi connectivity index (χ4n) is 3.09. The van der Waals surface area contributed by atoms with E-state index < -0.39 is 0 Å². The molecule has 23 heavy (non-hydrogen) atoms. The van der Waals surface area contributed by atoms with Crippen LogP contribution in [0.5, 0.6) is 0 Å². The maximum absolute atomic E-state index is 12.3. The number of rotatable bonds is 4.